The summed E-state index contributed by atoms with van der Waals surface area (Å²) in [4.78, 5) is 24.6. The fourth-order valence-electron chi connectivity index (χ4n) is 3.22. The first-order valence-electron chi connectivity index (χ1n) is 9.68. The summed E-state index contributed by atoms with van der Waals surface area (Å²) in [5, 5.41) is 5.75. The first kappa shape index (κ1) is 20.0. The Labute approximate surface area is 165 Å². The van der Waals surface area contributed by atoms with Crippen LogP contribution in [-0.4, -0.2) is 37.1 Å². The summed E-state index contributed by atoms with van der Waals surface area (Å²) in [6, 6.07) is 16.3. The number of carbonyl (C=O) groups excluding carboxylic acids is 2. The summed E-state index contributed by atoms with van der Waals surface area (Å²) < 4.78 is 5.52. The Morgan fingerprint density at radius 1 is 1.07 bits per heavy atom. The van der Waals surface area contributed by atoms with Crippen molar-refractivity contribution in [3.63, 3.8) is 0 Å². The van der Waals surface area contributed by atoms with E-state index in [1.165, 1.54) is 0 Å². The molecule has 1 unspecified atom stereocenters. The smallest absolute Gasteiger partial charge is 0.251 e. The molecular weight excluding hydrogens is 354 g/mol. The van der Waals surface area contributed by atoms with E-state index in [-0.39, 0.29) is 17.9 Å². The van der Waals surface area contributed by atoms with E-state index >= 15 is 0 Å². The van der Waals surface area contributed by atoms with Crippen LogP contribution in [0.4, 0.5) is 0 Å². The summed E-state index contributed by atoms with van der Waals surface area (Å²) in [5.41, 5.74) is 8.45. The molecule has 0 aliphatic carbocycles. The number of hydrogen-bond acceptors (Lipinski definition) is 4. The summed E-state index contributed by atoms with van der Waals surface area (Å²) in [6.45, 7) is 1.62. The van der Waals surface area contributed by atoms with Gasteiger partial charge in [-0.1, -0.05) is 42.5 Å². The number of amides is 2. The summed E-state index contributed by atoms with van der Waals surface area (Å²) >= 11 is 0. The second kappa shape index (κ2) is 10.0. The van der Waals surface area contributed by atoms with E-state index in [4.69, 9.17) is 10.5 Å². The van der Waals surface area contributed by atoms with Crippen LogP contribution in [0, 0.1) is 0 Å². The largest absolute Gasteiger partial charge is 0.376 e. The lowest BCUT2D eigenvalue weighted by Crippen LogP contribution is -2.41. The summed E-state index contributed by atoms with van der Waals surface area (Å²) in [7, 11) is 0. The van der Waals surface area contributed by atoms with Crippen molar-refractivity contribution >= 4 is 11.8 Å². The van der Waals surface area contributed by atoms with Crippen molar-refractivity contribution in [1.29, 1.82) is 0 Å². The standard InChI is InChI=1S/C22H27N3O3/c23-20(13-16-6-2-1-3-7-16)22(27)24-14-17-8-4-9-18(12-17)21(26)25-15-19-10-5-11-28-19/h1-4,6-9,12,19-20H,5,10-11,13-15,23H2,(H,24,27)(H,25,26)/t19?,20-/m0/s1. The average molecular weight is 381 g/mol. The van der Waals surface area contributed by atoms with Gasteiger partial charge < -0.3 is 21.1 Å². The lowest BCUT2D eigenvalue weighted by molar-refractivity contribution is -0.122. The van der Waals surface area contributed by atoms with Crippen LogP contribution in [0.25, 0.3) is 0 Å². The van der Waals surface area contributed by atoms with Gasteiger partial charge in [0.25, 0.3) is 5.91 Å². The highest BCUT2D eigenvalue weighted by molar-refractivity contribution is 5.94. The molecule has 1 aliphatic rings. The molecule has 2 aromatic carbocycles. The molecule has 1 heterocycles. The quantitative estimate of drug-likeness (QED) is 0.650. The third-order valence-electron chi connectivity index (χ3n) is 4.81. The van der Waals surface area contributed by atoms with Crippen molar-refractivity contribution in [3.8, 4) is 0 Å². The predicted octanol–water partition coefficient (Wildman–Crippen LogP) is 1.78. The van der Waals surface area contributed by atoms with Gasteiger partial charge in [-0.25, -0.2) is 0 Å². The molecule has 2 aromatic rings. The van der Waals surface area contributed by atoms with Crippen molar-refractivity contribution < 1.29 is 14.3 Å². The molecule has 2 amide bonds. The molecule has 0 saturated carbocycles. The summed E-state index contributed by atoms with van der Waals surface area (Å²) in [5.74, 6) is -0.346. The highest BCUT2D eigenvalue weighted by atomic mass is 16.5. The fourth-order valence-corrected chi connectivity index (χ4v) is 3.22. The Morgan fingerprint density at radius 2 is 1.86 bits per heavy atom. The van der Waals surface area contributed by atoms with Crippen molar-refractivity contribution in [2.24, 2.45) is 5.73 Å². The molecule has 28 heavy (non-hydrogen) atoms. The minimum atomic E-state index is -0.611. The van der Waals surface area contributed by atoms with Gasteiger partial charge in [0.15, 0.2) is 0 Å². The number of ether oxygens (including phenoxy) is 1. The van der Waals surface area contributed by atoms with E-state index in [0.29, 0.717) is 25.1 Å². The third kappa shape index (κ3) is 5.90. The van der Waals surface area contributed by atoms with Crippen LogP contribution in [-0.2, 0) is 22.5 Å². The molecule has 4 N–H and O–H groups in total. The van der Waals surface area contributed by atoms with Gasteiger partial charge in [-0.3, -0.25) is 9.59 Å². The van der Waals surface area contributed by atoms with Crippen LogP contribution >= 0.6 is 0 Å². The Hall–Kier alpha value is -2.70. The lowest BCUT2D eigenvalue weighted by atomic mass is 10.1. The molecule has 6 heteroatoms. The average Bonchev–Trinajstić information content (AvgIpc) is 3.25. The zero-order valence-electron chi connectivity index (χ0n) is 15.9. The molecule has 2 atom stereocenters. The Bertz CT molecular complexity index is 789. The molecule has 6 nitrogen and oxygen atoms in total. The zero-order valence-corrected chi connectivity index (χ0v) is 15.9. The first-order chi connectivity index (χ1) is 13.6. The topological polar surface area (TPSA) is 93.5 Å². The van der Waals surface area contributed by atoms with Gasteiger partial charge in [0.2, 0.25) is 5.91 Å². The molecule has 148 valence electrons. The van der Waals surface area contributed by atoms with Gasteiger partial charge in [0.1, 0.15) is 0 Å². The minimum Gasteiger partial charge on any atom is -0.376 e. The molecule has 1 saturated heterocycles. The van der Waals surface area contributed by atoms with Crippen molar-refractivity contribution in [2.45, 2.75) is 38.0 Å². The number of nitrogens with two attached hydrogens (primary N) is 1. The van der Waals surface area contributed by atoms with Crippen molar-refractivity contribution in [2.75, 3.05) is 13.2 Å². The van der Waals surface area contributed by atoms with E-state index in [9.17, 15) is 9.59 Å². The molecule has 0 spiro atoms. The van der Waals surface area contributed by atoms with E-state index < -0.39 is 6.04 Å². The Morgan fingerprint density at radius 3 is 2.61 bits per heavy atom. The van der Waals surface area contributed by atoms with Gasteiger partial charge in [-0.15, -0.1) is 0 Å². The van der Waals surface area contributed by atoms with E-state index in [1.807, 2.05) is 42.5 Å². The SMILES string of the molecule is N[C@@H](Cc1ccccc1)C(=O)NCc1cccc(C(=O)NCC2CCCO2)c1. The van der Waals surface area contributed by atoms with Crippen molar-refractivity contribution in [1.82, 2.24) is 10.6 Å². The lowest BCUT2D eigenvalue weighted by Gasteiger charge is -2.13. The number of nitrogens with one attached hydrogen (secondary N) is 2. The number of carbonyl (C=O) groups is 2. The second-order valence-corrected chi connectivity index (χ2v) is 7.06. The molecule has 0 bridgehead atoms. The maximum Gasteiger partial charge on any atom is 0.251 e. The second-order valence-electron chi connectivity index (χ2n) is 7.06. The number of rotatable bonds is 8. The van der Waals surface area contributed by atoms with Gasteiger partial charge in [-0.2, -0.15) is 0 Å². The molecule has 3 rings (SSSR count). The fraction of sp³-hybridized carbons (Fsp3) is 0.364. The first-order valence-corrected chi connectivity index (χ1v) is 9.68. The Kier molecular flexibility index (Phi) is 7.17. The molecule has 1 aliphatic heterocycles. The highest BCUT2D eigenvalue weighted by Gasteiger charge is 2.17. The highest BCUT2D eigenvalue weighted by Crippen LogP contribution is 2.11. The van der Waals surface area contributed by atoms with Gasteiger partial charge in [0, 0.05) is 25.3 Å². The molecular formula is C22H27N3O3. The normalized spacial score (nSPS) is 17.1. The summed E-state index contributed by atoms with van der Waals surface area (Å²) in [6.07, 6.45) is 2.62. The maximum absolute atomic E-state index is 12.3. The van der Waals surface area contributed by atoms with E-state index in [1.54, 1.807) is 12.1 Å². The van der Waals surface area contributed by atoms with Crippen LogP contribution < -0.4 is 16.4 Å². The molecule has 0 aromatic heterocycles. The van der Waals surface area contributed by atoms with Crippen LogP contribution in [0.3, 0.4) is 0 Å². The van der Waals surface area contributed by atoms with Crippen LogP contribution in [0.15, 0.2) is 54.6 Å². The van der Waals surface area contributed by atoms with Crippen LogP contribution in [0.1, 0.15) is 34.3 Å². The van der Waals surface area contributed by atoms with Crippen LogP contribution in [0.5, 0.6) is 0 Å². The van der Waals surface area contributed by atoms with Gasteiger partial charge in [0.05, 0.1) is 12.1 Å². The van der Waals surface area contributed by atoms with Crippen molar-refractivity contribution in [3.05, 3.63) is 71.3 Å². The molecule has 1 fully saturated rings. The van der Waals surface area contributed by atoms with Crippen LogP contribution in [0.2, 0.25) is 0 Å². The monoisotopic (exact) mass is 381 g/mol. The minimum absolute atomic E-state index is 0.109. The zero-order chi connectivity index (χ0) is 19.8. The maximum atomic E-state index is 12.3. The van der Waals surface area contributed by atoms with Gasteiger partial charge in [-0.05, 0) is 42.5 Å². The van der Waals surface area contributed by atoms with E-state index in [2.05, 4.69) is 10.6 Å². The molecule has 0 radical (unpaired) electrons. The number of hydrogen-bond donors (Lipinski definition) is 3. The third-order valence-corrected chi connectivity index (χ3v) is 4.81. The Balaban J connectivity index is 1.48. The van der Waals surface area contributed by atoms with E-state index in [0.717, 1.165) is 30.6 Å². The van der Waals surface area contributed by atoms with Gasteiger partial charge >= 0.3 is 0 Å². The predicted molar refractivity (Wildman–Crippen MR) is 108 cm³/mol. The number of benzene rings is 2.